The van der Waals surface area contributed by atoms with Crippen molar-refractivity contribution in [1.82, 2.24) is 5.09 Å². The largest absolute Gasteiger partial charge is 0.304 e. The molecule has 0 aromatic carbocycles. The maximum atomic E-state index is 9.46. The van der Waals surface area contributed by atoms with E-state index >= 15 is 0 Å². The zero-order chi connectivity index (χ0) is 4.99. The summed E-state index contributed by atoms with van der Waals surface area (Å²) >= 11 is 4.42. The van der Waals surface area contributed by atoms with Crippen LogP contribution in [0, 0.1) is 0 Å². The van der Waals surface area contributed by atoms with Crippen molar-refractivity contribution in [2.24, 2.45) is 0 Å². The molecule has 0 saturated heterocycles. The normalized spacial score (nSPS) is 8.17. The molecule has 0 aromatic heterocycles. The minimum Gasteiger partial charge on any atom is -0.247 e. The van der Waals surface area contributed by atoms with Crippen molar-refractivity contribution in [3.05, 3.63) is 0 Å². The molecule has 0 aliphatic heterocycles. The van der Waals surface area contributed by atoms with Gasteiger partial charge in [0.25, 0.3) is 0 Å². The molecular weight excluding hydrogens is 117 g/mol. The van der Waals surface area contributed by atoms with Gasteiger partial charge < -0.3 is 0 Å². The summed E-state index contributed by atoms with van der Waals surface area (Å²) in [5, 5.41) is 3.27. The number of hydrogen-bond acceptors (Lipinski definition) is 2. The van der Waals surface area contributed by atoms with Crippen LogP contribution in [0.3, 0.4) is 0 Å². The van der Waals surface area contributed by atoms with Gasteiger partial charge in [0.05, 0.1) is 0 Å². The Labute approximate surface area is 43.2 Å². The Kier molecular flexibility index (Phi) is 3.19. The van der Waals surface area contributed by atoms with E-state index in [4.69, 9.17) is 0 Å². The fourth-order valence-electron chi connectivity index (χ4n) is 0.0575. The third-order valence-corrected chi connectivity index (χ3v) is 0.790. The maximum Gasteiger partial charge on any atom is 0.304 e. The molecule has 0 aromatic rings. The van der Waals surface area contributed by atoms with Gasteiger partial charge in [-0.2, -0.15) is 5.09 Å². The summed E-state index contributed by atoms with van der Waals surface area (Å²) in [6.07, 6.45) is 0. The predicted octanol–water partition coefficient (Wildman–Crippen LogP) is 1.14. The van der Waals surface area contributed by atoms with E-state index in [1.165, 1.54) is 0 Å². The summed E-state index contributed by atoms with van der Waals surface area (Å²) in [6, 6.07) is 0. The fourth-order valence-corrected chi connectivity index (χ4v) is 0.272. The first-order valence-corrected chi connectivity index (χ1v) is 2.48. The zero-order valence-electron chi connectivity index (χ0n) is 3.21. The Bertz CT molecular complexity index is 73.9. The molecule has 2 nitrogen and oxygen atoms in total. The average molecular weight is 120 g/mol. The highest BCUT2D eigenvalue weighted by Gasteiger charge is 1.79. The van der Waals surface area contributed by atoms with Gasteiger partial charge in [-0.05, 0) is 6.92 Å². The molecule has 0 unspecified atom stereocenters. The summed E-state index contributed by atoms with van der Waals surface area (Å²) < 4.78 is 9.46. The van der Waals surface area contributed by atoms with Gasteiger partial charge in [-0.3, -0.25) is 0 Å². The Morgan fingerprint density at radius 3 is 2.50 bits per heavy atom. The van der Waals surface area contributed by atoms with Crippen molar-refractivity contribution in [3.63, 3.8) is 0 Å². The first kappa shape index (κ1) is 5.99. The molecule has 0 N–H and O–H groups in total. The fraction of sp³-hybridized carbons (Fsp3) is 0.500. The van der Waals surface area contributed by atoms with Crippen molar-refractivity contribution in [2.45, 2.75) is 6.92 Å². The van der Waals surface area contributed by atoms with Crippen molar-refractivity contribution in [1.29, 1.82) is 0 Å². The topological polar surface area (TPSA) is 31.2 Å². The Balaban J connectivity index is 3.05. The third-order valence-electron chi connectivity index (χ3n) is 0.182. The number of nitrogens with zero attached hydrogens (tertiary/aromatic N) is 1. The van der Waals surface area contributed by atoms with Gasteiger partial charge >= 0.3 is 8.61 Å². The van der Waals surface area contributed by atoms with E-state index in [0.717, 1.165) is 0 Å². The molecule has 1 radical (unpaired) electrons. The molecule has 0 amide bonds. The van der Waals surface area contributed by atoms with Gasteiger partial charge in [0, 0.05) is 0 Å². The number of hydrogen-bond donors (Lipinski definition) is 0. The van der Waals surface area contributed by atoms with E-state index < -0.39 is 0 Å². The SMILES string of the molecule is CC(=S)[N]P=O. The van der Waals surface area contributed by atoms with Crippen LogP contribution in [0.2, 0.25) is 0 Å². The van der Waals surface area contributed by atoms with Crippen molar-refractivity contribution in [2.75, 3.05) is 0 Å². The van der Waals surface area contributed by atoms with Crippen molar-refractivity contribution < 1.29 is 4.57 Å². The third kappa shape index (κ3) is 3.99. The van der Waals surface area contributed by atoms with Crippen molar-refractivity contribution in [3.8, 4) is 0 Å². The lowest BCUT2D eigenvalue weighted by Gasteiger charge is -1.76. The molecule has 0 fully saturated rings. The first-order chi connectivity index (χ1) is 2.77. The highest BCUT2D eigenvalue weighted by atomic mass is 32.1. The van der Waals surface area contributed by atoms with E-state index in [2.05, 4.69) is 17.3 Å². The quantitative estimate of drug-likeness (QED) is 0.384. The zero-order valence-corrected chi connectivity index (χ0v) is 4.92. The Hall–Kier alpha value is -0.0100. The average Bonchev–Trinajstić information content (AvgIpc) is 1.35. The molecule has 0 saturated carbocycles. The van der Waals surface area contributed by atoms with E-state index in [1.807, 2.05) is 0 Å². The second-order valence-electron chi connectivity index (χ2n) is 0.701. The van der Waals surface area contributed by atoms with Crippen LogP contribution in [0.1, 0.15) is 6.92 Å². The van der Waals surface area contributed by atoms with Crippen LogP contribution in [0.25, 0.3) is 0 Å². The van der Waals surface area contributed by atoms with E-state index in [-0.39, 0.29) is 8.61 Å². The van der Waals surface area contributed by atoms with E-state index in [9.17, 15) is 4.57 Å². The standard InChI is InChI=1S/C2H3NOPS/c1-2(6)3-5-4/h1H3. The lowest BCUT2D eigenvalue weighted by atomic mass is 10.8. The van der Waals surface area contributed by atoms with Crippen LogP contribution in [0.15, 0.2) is 0 Å². The smallest absolute Gasteiger partial charge is 0.247 e. The van der Waals surface area contributed by atoms with Gasteiger partial charge in [-0.1, -0.05) is 12.2 Å². The van der Waals surface area contributed by atoms with Crippen LogP contribution < -0.4 is 5.09 Å². The minimum absolute atomic E-state index is 0.242. The van der Waals surface area contributed by atoms with Gasteiger partial charge in [0.15, 0.2) is 0 Å². The van der Waals surface area contributed by atoms with Crippen LogP contribution in [-0.4, -0.2) is 4.99 Å². The molecule has 0 rings (SSSR count). The Morgan fingerprint density at radius 1 is 2.00 bits per heavy atom. The molecule has 4 heteroatoms. The van der Waals surface area contributed by atoms with Gasteiger partial charge in [0.2, 0.25) is 0 Å². The summed E-state index contributed by atoms with van der Waals surface area (Å²) in [6.45, 7) is 1.61. The van der Waals surface area contributed by atoms with Crippen LogP contribution in [0.5, 0.6) is 0 Å². The highest BCUT2D eigenvalue weighted by Crippen LogP contribution is 1.83. The minimum atomic E-state index is -0.242. The second kappa shape index (κ2) is 3.19. The second-order valence-corrected chi connectivity index (χ2v) is 1.65. The molecule has 0 heterocycles. The van der Waals surface area contributed by atoms with Crippen LogP contribution >= 0.6 is 20.8 Å². The molecule has 33 valence electrons. The molecule has 0 aliphatic carbocycles. The molecule has 0 aliphatic rings. The van der Waals surface area contributed by atoms with Crippen molar-refractivity contribution >= 4 is 25.8 Å². The number of rotatable bonds is 1. The van der Waals surface area contributed by atoms with Crippen LogP contribution in [-0.2, 0) is 4.57 Å². The monoisotopic (exact) mass is 120 g/mol. The lowest BCUT2D eigenvalue weighted by Crippen LogP contribution is -1.92. The lowest BCUT2D eigenvalue weighted by molar-refractivity contribution is 0.596. The summed E-state index contributed by atoms with van der Waals surface area (Å²) in [5.41, 5.74) is 0. The molecule has 0 bridgehead atoms. The van der Waals surface area contributed by atoms with E-state index in [0.29, 0.717) is 4.99 Å². The maximum absolute atomic E-state index is 9.46. The molecular formula is C2H3NOPS. The van der Waals surface area contributed by atoms with Crippen LogP contribution in [0.4, 0.5) is 0 Å². The molecule has 0 spiro atoms. The molecule has 6 heavy (non-hydrogen) atoms. The van der Waals surface area contributed by atoms with Gasteiger partial charge in [-0.15, -0.1) is 0 Å². The summed E-state index contributed by atoms with van der Waals surface area (Å²) in [7, 11) is -0.242. The summed E-state index contributed by atoms with van der Waals surface area (Å²) in [5.74, 6) is 0. The van der Waals surface area contributed by atoms with Gasteiger partial charge in [-0.25, -0.2) is 4.57 Å². The van der Waals surface area contributed by atoms with E-state index in [1.54, 1.807) is 6.92 Å². The number of thiocarbonyl (C=S) groups is 1. The van der Waals surface area contributed by atoms with Gasteiger partial charge in [0.1, 0.15) is 4.99 Å². The highest BCUT2D eigenvalue weighted by molar-refractivity contribution is 7.80. The Morgan fingerprint density at radius 2 is 2.50 bits per heavy atom. The predicted molar refractivity (Wildman–Crippen MR) is 28.0 cm³/mol. The first-order valence-electron chi connectivity index (χ1n) is 1.31. The summed E-state index contributed by atoms with van der Waals surface area (Å²) in [4.78, 5) is 0.423. The molecule has 0 atom stereocenters.